The topological polar surface area (TPSA) is 143 Å². The maximum atomic E-state index is 14.4. The van der Waals surface area contributed by atoms with Crippen molar-refractivity contribution in [3.05, 3.63) is 95.3 Å². The monoisotopic (exact) mass is 668 g/mol. The average molecular weight is 669 g/mol. The smallest absolute Gasteiger partial charge is 0.243 e. The molecule has 0 saturated carbocycles. The lowest BCUT2D eigenvalue weighted by Gasteiger charge is -2.31. The lowest BCUT2D eigenvalue weighted by Crippen LogP contribution is -2.50. The highest BCUT2D eigenvalue weighted by Gasteiger charge is 2.35. The van der Waals surface area contributed by atoms with Crippen LogP contribution in [0.25, 0.3) is 5.57 Å². The zero-order valence-corrected chi connectivity index (χ0v) is 28.6. The zero-order chi connectivity index (χ0) is 33.9. The van der Waals surface area contributed by atoms with E-state index in [-0.39, 0.29) is 30.6 Å². The molecule has 254 valence electrons. The van der Waals surface area contributed by atoms with Crippen LogP contribution in [-0.4, -0.2) is 59.7 Å². The van der Waals surface area contributed by atoms with Crippen LogP contribution >= 0.6 is 11.8 Å². The summed E-state index contributed by atoms with van der Waals surface area (Å²) in [6.45, 7) is 1.76. The number of likely N-dealkylation sites (N-methyl/N-ethyl adjacent to an activating group) is 1. The van der Waals surface area contributed by atoms with Crippen LogP contribution in [0.1, 0.15) is 67.2 Å². The number of ketones is 1. The number of fused-ring (bicyclic) bond motifs is 3. The third-order valence-corrected chi connectivity index (χ3v) is 10.6. The second-order valence-corrected chi connectivity index (χ2v) is 13.8. The average Bonchev–Trinajstić information content (AvgIpc) is 3.52. The van der Waals surface area contributed by atoms with Crippen LogP contribution in [0.2, 0.25) is 0 Å². The lowest BCUT2D eigenvalue weighted by molar-refractivity contribution is -0.143. The van der Waals surface area contributed by atoms with Gasteiger partial charge in [-0.25, -0.2) is 0 Å². The standard InChI is InChI=1S/C38H48N6O3S/c1-44-33(21-27-16-15-26-9-2-4-12-31(26)27)37(46)43-24-30-17-20-41-25-36(30)48-35-14-5-3-11-29(35)23-42-32(13-8-19-40)34(45)22-28(38(44)47)10-6-7-18-39/h2-5,9,11-12,14,16-17,20,25,28,32-33,42H,6-8,10,13,15,18-19,21-24,39-40H2,1H3,(H,43,46)/t28-,32+,33+/m1/s1. The maximum Gasteiger partial charge on any atom is 0.243 e. The highest BCUT2D eigenvalue weighted by molar-refractivity contribution is 7.99. The summed E-state index contributed by atoms with van der Waals surface area (Å²) in [4.78, 5) is 50.5. The Bertz CT molecular complexity index is 1610. The van der Waals surface area contributed by atoms with E-state index in [2.05, 4.69) is 46.0 Å². The van der Waals surface area contributed by atoms with E-state index >= 15 is 0 Å². The first-order chi connectivity index (χ1) is 23.4. The van der Waals surface area contributed by atoms with Crippen molar-refractivity contribution in [3.63, 3.8) is 0 Å². The fourth-order valence-corrected chi connectivity index (χ4v) is 7.62. The predicted octanol–water partition coefficient (Wildman–Crippen LogP) is 4.62. The molecule has 0 fully saturated rings. The van der Waals surface area contributed by atoms with E-state index in [0.29, 0.717) is 45.3 Å². The van der Waals surface area contributed by atoms with Crippen molar-refractivity contribution in [1.82, 2.24) is 20.5 Å². The van der Waals surface area contributed by atoms with Gasteiger partial charge in [0.05, 0.1) is 6.04 Å². The molecule has 0 spiro atoms. The summed E-state index contributed by atoms with van der Waals surface area (Å²) in [6, 6.07) is 17.0. The van der Waals surface area contributed by atoms with Crippen molar-refractivity contribution in [2.75, 3.05) is 20.1 Å². The Labute approximate surface area is 288 Å². The van der Waals surface area contributed by atoms with Crippen LogP contribution in [0.3, 0.4) is 0 Å². The number of aromatic nitrogens is 1. The van der Waals surface area contributed by atoms with Gasteiger partial charge in [0.15, 0.2) is 5.78 Å². The molecule has 1 aliphatic heterocycles. The van der Waals surface area contributed by atoms with E-state index in [1.165, 1.54) is 5.56 Å². The highest BCUT2D eigenvalue weighted by atomic mass is 32.2. The number of nitrogens with two attached hydrogens (primary N) is 2. The molecule has 2 amide bonds. The summed E-state index contributed by atoms with van der Waals surface area (Å²) in [5, 5.41) is 6.67. The van der Waals surface area contributed by atoms with E-state index in [1.54, 1.807) is 29.9 Å². The summed E-state index contributed by atoms with van der Waals surface area (Å²) in [7, 11) is 1.71. The van der Waals surface area contributed by atoms with Gasteiger partial charge in [0.1, 0.15) is 6.04 Å². The van der Waals surface area contributed by atoms with Gasteiger partial charge < -0.3 is 27.0 Å². The van der Waals surface area contributed by atoms with Crippen molar-refractivity contribution in [3.8, 4) is 0 Å². The molecule has 2 aliphatic rings. The van der Waals surface area contributed by atoms with E-state index in [1.807, 2.05) is 36.5 Å². The fourth-order valence-electron chi connectivity index (χ4n) is 6.58. The van der Waals surface area contributed by atoms with Gasteiger partial charge in [-0.1, -0.05) is 66.7 Å². The Morgan fingerprint density at radius 1 is 0.875 bits per heavy atom. The molecule has 48 heavy (non-hydrogen) atoms. The minimum atomic E-state index is -0.762. The van der Waals surface area contributed by atoms with Gasteiger partial charge in [0.2, 0.25) is 11.8 Å². The van der Waals surface area contributed by atoms with Gasteiger partial charge in [-0.15, -0.1) is 0 Å². The number of amides is 2. The van der Waals surface area contributed by atoms with E-state index in [4.69, 9.17) is 11.5 Å². The molecule has 3 atom stereocenters. The van der Waals surface area contributed by atoms with Gasteiger partial charge in [-0.05, 0) is 85.2 Å². The quantitative estimate of drug-likeness (QED) is 0.242. The molecule has 2 heterocycles. The largest absolute Gasteiger partial charge is 0.350 e. The van der Waals surface area contributed by atoms with Gasteiger partial charge in [-0.2, -0.15) is 0 Å². The minimum absolute atomic E-state index is 0.0135. The number of unbranched alkanes of at least 4 members (excludes halogenated alkanes) is 1. The molecular formula is C38H48N6O3S. The molecule has 9 nitrogen and oxygen atoms in total. The van der Waals surface area contributed by atoms with Gasteiger partial charge in [0, 0.05) is 61.1 Å². The predicted molar refractivity (Wildman–Crippen MR) is 191 cm³/mol. The van der Waals surface area contributed by atoms with Gasteiger partial charge in [-0.3, -0.25) is 19.4 Å². The van der Waals surface area contributed by atoms with Crippen LogP contribution in [0.5, 0.6) is 0 Å². The number of carbonyl (C=O) groups is 3. The second-order valence-electron chi connectivity index (χ2n) is 12.7. The SMILES string of the molecule is CN1C(=O)[C@H](CCCCN)CC(=O)[C@H](CCCN)NCc2ccccc2Sc2cnccc2CNC(=O)[C@@H]1CC1=CCc2ccccc21. The second kappa shape index (κ2) is 17.5. The summed E-state index contributed by atoms with van der Waals surface area (Å²) in [5.41, 5.74) is 17.1. The van der Waals surface area contributed by atoms with Crippen LogP contribution in [-0.2, 0) is 33.9 Å². The number of carbonyl (C=O) groups excluding carboxylic acids is 3. The van der Waals surface area contributed by atoms with Crippen LogP contribution < -0.4 is 22.1 Å². The number of benzene rings is 2. The number of rotatable bonds is 9. The van der Waals surface area contributed by atoms with Crippen molar-refractivity contribution in [2.24, 2.45) is 17.4 Å². The third kappa shape index (κ3) is 8.99. The normalized spacial score (nSPS) is 20.7. The Balaban J connectivity index is 1.52. The van der Waals surface area contributed by atoms with Gasteiger partial charge >= 0.3 is 0 Å². The minimum Gasteiger partial charge on any atom is -0.350 e. The Morgan fingerprint density at radius 2 is 1.62 bits per heavy atom. The number of hydrogen-bond donors (Lipinski definition) is 4. The molecule has 0 radical (unpaired) electrons. The Kier molecular flexibility index (Phi) is 13.0. The number of nitrogens with zero attached hydrogens (tertiary/aromatic N) is 2. The molecule has 10 heteroatoms. The van der Waals surface area contributed by atoms with Crippen LogP contribution in [0, 0.1) is 5.92 Å². The first-order valence-corrected chi connectivity index (χ1v) is 17.9. The third-order valence-electron chi connectivity index (χ3n) is 9.41. The van der Waals surface area contributed by atoms with Crippen molar-refractivity contribution in [2.45, 2.75) is 86.3 Å². The molecule has 1 aromatic heterocycles. The number of Topliss-reactive ketones (excluding diaryl/α,β-unsaturated/α-hetero) is 1. The van der Waals surface area contributed by atoms with E-state index < -0.39 is 18.0 Å². The molecule has 1 aliphatic carbocycles. The maximum absolute atomic E-state index is 14.4. The summed E-state index contributed by atoms with van der Waals surface area (Å²) < 4.78 is 0. The first kappa shape index (κ1) is 35.5. The molecule has 0 bridgehead atoms. The van der Waals surface area contributed by atoms with Crippen LogP contribution in [0.4, 0.5) is 0 Å². The molecule has 3 aromatic rings. The summed E-state index contributed by atoms with van der Waals surface area (Å²) in [6.07, 6.45) is 10.2. The number of allylic oxidation sites excluding steroid dienone is 1. The Hall–Kier alpha value is -3.83. The molecule has 0 unspecified atom stereocenters. The number of hydrogen-bond acceptors (Lipinski definition) is 8. The van der Waals surface area contributed by atoms with Crippen molar-refractivity contribution >= 4 is 34.9 Å². The molecular weight excluding hydrogens is 621 g/mol. The van der Waals surface area contributed by atoms with Gasteiger partial charge in [0.25, 0.3) is 0 Å². The zero-order valence-electron chi connectivity index (χ0n) is 27.8. The summed E-state index contributed by atoms with van der Waals surface area (Å²) >= 11 is 1.59. The Morgan fingerprint density at radius 3 is 2.44 bits per heavy atom. The molecule has 5 rings (SSSR count). The lowest BCUT2D eigenvalue weighted by atomic mass is 9.90. The van der Waals surface area contributed by atoms with E-state index in [9.17, 15) is 14.4 Å². The number of nitrogens with one attached hydrogen (secondary N) is 2. The van der Waals surface area contributed by atoms with Crippen LogP contribution in [0.15, 0.2) is 82.9 Å². The highest BCUT2D eigenvalue weighted by Crippen LogP contribution is 2.34. The molecule has 2 aromatic carbocycles. The number of pyridine rings is 1. The van der Waals surface area contributed by atoms with Crippen molar-refractivity contribution < 1.29 is 14.4 Å². The van der Waals surface area contributed by atoms with Crippen molar-refractivity contribution in [1.29, 1.82) is 0 Å². The molecule has 0 saturated heterocycles. The first-order valence-electron chi connectivity index (χ1n) is 17.1. The summed E-state index contributed by atoms with van der Waals surface area (Å²) in [5.74, 6) is -1.01. The van der Waals surface area contributed by atoms with E-state index in [0.717, 1.165) is 51.3 Å². The fraction of sp³-hybridized carbons (Fsp3) is 0.421. The molecule has 6 N–H and O–H groups in total.